The topological polar surface area (TPSA) is 76.7 Å². The SMILES string of the molecule is COc1ccc(NC(=O)CSc2ccccc2C(=O)NCc2ccc(F)c(C)c2)cc1OC. The van der Waals surface area contributed by atoms with Crippen molar-refractivity contribution in [3.63, 3.8) is 0 Å². The molecule has 0 fully saturated rings. The lowest BCUT2D eigenvalue weighted by Gasteiger charge is -2.12. The molecule has 2 amide bonds. The van der Waals surface area contributed by atoms with Crippen molar-refractivity contribution in [3.8, 4) is 11.5 Å². The van der Waals surface area contributed by atoms with Crippen LogP contribution in [-0.2, 0) is 11.3 Å². The first kappa shape index (κ1) is 24.1. The number of amides is 2. The van der Waals surface area contributed by atoms with Gasteiger partial charge in [-0.1, -0.05) is 24.3 Å². The number of halogens is 1. The summed E-state index contributed by atoms with van der Waals surface area (Å²) in [5.41, 5.74) is 2.39. The number of aryl methyl sites for hydroxylation is 1. The third-order valence-corrected chi connectivity index (χ3v) is 5.91. The molecule has 3 rings (SSSR count). The van der Waals surface area contributed by atoms with Crippen LogP contribution < -0.4 is 20.1 Å². The number of hydrogen-bond acceptors (Lipinski definition) is 5. The van der Waals surface area contributed by atoms with Crippen LogP contribution in [0.1, 0.15) is 21.5 Å². The van der Waals surface area contributed by atoms with Crippen molar-refractivity contribution in [2.24, 2.45) is 0 Å². The Kier molecular flexibility index (Phi) is 8.32. The van der Waals surface area contributed by atoms with Crippen LogP contribution in [0.3, 0.4) is 0 Å². The van der Waals surface area contributed by atoms with Crippen molar-refractivity contribution in [3.05, 3.63) is 83.2 Å². The summed E-state index contributed by atoms with van der Waals surface area (Å²) in [5.74, 6) is 0.445. The average Bonchev–Trinajstić information content (AvgIpc) is 2.83. The zero-order valence-electron chi connectivity index (χ0n) is 18.6. The maximum atomic E-state index is 13.4. The molecule has 8 heteroatoms. The van der Waals surface area contributed by atoms with Gasteiger partial charge in [-0.2, -0.15) is 0 Å². The van der Waals surface area contributed by atoms with Gasteiger partial charge in [0, 0.05) is 23.2 Å². The molecule has 0 aliphatic carbocycles. The minimum absolute atomic E-state index is 0.121. The first-order valence-corrected chi connectivity index (χ1v) is 11.2. The van der Waals surface area contributed by atoms with Crippen LogP contribution in [-0.4, -0.2) is 31.8 Å². The van der Waals surface area contributed by atoms with E-state index in [1.165, 1.54) is 24.9 Å². The number of thioether (sulfide) groups is 1. The number of carbonyl (C=O) groups excluding carboxylic acids is 2. The van der Waals surface area contributed by atoms with Crippen LogP contribution in [0.25, 0.3) is 0 Å². The van der Waals surface area contributed by atoms with Crippen molar-refractivity contribution in [2.75, 3.05) is 25.3 Å². The Morgan fingerprint density at radius 1 is 0.970 bits per heavy atom. The molecule has 0 bridgehead atoms. The molecule has 0 heterocycles. The molecule has 0 aliphatic heterocycles. The highest BCUT2D eigenvalue weighted by Gasteiger charge is 2.14. The summed E-state index contributed by atoms with van der Waals surface area (Å²) >= 11 is 1.27. The van der Waals surface area contributed by atoms with Gasteiger partial charge in [-0.25, -0.2) is 4.39 Å². The van der Waals surface area contributed by atoms with Gasteiger partial charge in [0.1, 0.15) is 5.82 Å². The number of benzene rings is 3. The van der Waals surface area contributed by atoms with Crippen LogP contribution in [0.2, 0.25) is 0 Å². The van der Waals surface area contributed by atoms with Gasteiger partial charge < -0.3 is 20.1 Å². The van der Waals surface area contributed by atoms with Crippen molar-refractivity contribution in [2.45, 2.75) is 18.4 Å². The summed E-state index contributed by atoms with van der Waals surface area (Å²) < 4.78 is 23.9. The quantitative estimate of drug-likeness (QED) is 0.441. The lowest BCUT2D eigenvalue weighted by atomic mass is 10.1. The van der Waals surface area contributed by atoms with E-state index in [4.69, 9.17) is 9.47 Å². The lowest BCUT2D eigenvalue weighted by molar-refractivity contribution is -0.113. The highest BCUT2D eigenvalue weighted by atomic mass is 32.2. The normalized spacial score (nSPS) is 10.4. The van der Waals surface area contributed by atoms with E-state index in [1.807, 2.05) is 6.07 Å². The second-order valence-corrected chi connectivity index (χ2v) is 8.19. The summed E-state index contributed by atoms with van der Waals surface area (Å²) in [5, 5.41) is 5.67. The van der Waals surface area contributed by atoms with Crippen LogP contribution in [0.5, 0.6) is 11.5 Å². The summed E-state index contributed by atoms with van der Waals surface area (Å²) in [7, 11) is 3.07. The number of hydrogen-bond donors (Lipinski definition) is 2. The van der Waals surface area contributed by atoms with Crippen LogP contribution in [0.15, 0.2) is 65.6 Å². The van der Waals surface area contributed by atoms with E-state index in [2.05, 4.69) is 10.6 Å². The molecule has 6 nitrogen and oxygen atoms in total. The molecule has 33 heavy (non-hydrogen) atoms. The van der Waals surface area contributed by atoms with Gasteiger partial charge in [-0.05, 0) is 48.4 Å². The second-order valence-electron chi connectivity index (χ2n) is 7.17. The largest absolute Gasteiger partial charge is 0.493 e. The maximum absolute atomic E-state index is 13.4. The maximum Gasteiger partial charge on any atom is 0.252 e. The Morgan fingerprint density at radius 2 is 1.73 bits per heavy atom. The van der Waals surface area contributed by atoms with E-state index >= 15 is 0 Å². The molecule has 0 radical (unpaired) electrons. The van der Waals surface area contributed by atoms with Gasteiger partial charge >= 0.3 is 0 Å². The third kappa shape index (κ3) is 6.49. The van der Waals surface area contributed by atoms with Gasteiger partial charge in [0.25, 0.3) is 5.91 Å². The fourth-order valence-electron chi connectivity index (χ4n) is 3.13. The van der Waals surface area contributed by atoms with Crippen molar-refractivity contribution in [1.82, 2.24) is 5.32 Å². The molecule has 0 aromatic heterocycles. The van der Waals surface area contributed by atoms with Crippen LogP contribution >= 0.6 is 11.8 Å². The molecule has 0 saturated carbocycles. The van der Waals surface area contributed by atoms with Gasteiger partial charge in [-0.15, -0.1) is 11.8 Å². The number of methoxy groups -OCH3 is 2. The highest BCUT2D eigenvalue weighted by Crippen LogP contribution is 2.30. The van der Waals surface area contributed by atoms with E-state index in [0.717, 1.165) is 5.56 Å². The summed E-state index contributed by atoms with van der Waals surface area (Å²) in [4.78, 5) is 25.9. The molecule has 0 spiro atoms. The summed E-state index contributed by atoms with van der Waals surface area (Å²) in [6, 6.07) is 16.9. The van der Waals surface area contributed by atoms with E-state index in [0.29, 0.717) is 33.2 Å². The fourth-order valence-corrected chi connectivity index (χ4v) is 3.98. The number of anilines is 1. The van der Waals surface area contributed by atoms with Gasteiger partial charge in [0.15, 0.2) is 11.5 Å². The predicted octanol–water partition coefficient (Wildman–Crippen LogP) is 4.81. The second kappa shape index (κ2) is 11.4. The number of carbonyl (C=O) groups is 2. The Balaban J connectivity index is 1.60. The highest BCUT2D eigenvalue weighted by molar-refractivity contribution is 8.00. The average molecular weight is 469 g/mol. The Hall–Kier alpha value is -3.52. The third-order valence-electron chi connectivity index (χ3n) is 4.83. The van der Waals surface area contributed by atoms with Crippen LogP contribution in [0.4, 0.5) is 10.1 Å². The van der Waals surface area contributed by atoms with Gasteiger partial charge in [0.2, 0.25) is 5.91 Å². The van der Waals surface area contributed by atoms with E-state index in [-0.39, 0.29) is 29.9 Å². The molecule has 3 aromatic rings. The van der Waals surface area contributed by atoms with Crippen molar-refractivity contribution < 1.29 is 23.5 Å². The predicted molar refractivity (Wildman–Crippen MR) is 128 cm³/mol. The number of rotatable bonds is 9. The molecule has 0 atom stereocenters. The van der Waals surface area contributed by atoms with Gasteiger partial charge in [-0.3, -0.25) is 9.59 Å². The molecule has 0 unspecified atom stereocenters. The Bertz CT molecular complexity index is 1150. The van der Waals surface area contributed by atoms with Crippen molar-refractivity contribution >= 4 is 29.3 Å². The Morgan fingerprint density at radius 3 is 2.45 bits per heavy atom. The van der Waals surface area contributed by atoms with Crippen LogP contribution in [0, 0.1) is 12.7 Å². The molecule has 0 saturated heterocycles. The molecular weight excluding hydrogens is 443 g/mol. The minimum Gasteiger partial charge on any atom is -0.493 e. The lowest BCUT2D eigenvalue weighted by Crippen LogP contribution is -2.23. The number of nitrogens with one attached hydrogen (secondary N) is 2. The molecule has 172 valence electrons. The smallest absolute Gasteiger partial charge is 0.252 e. The zero-order valence-corrected chi connectivity index (χ0v) is 19.4. The van der Waals surface area contributed by atoms with Gasteiger partial charge in [0.05, 0.1) is 25.5 Å². The monoisotopic (exact) mass is 468 g/mol. The van der Waals surface area contributed by atoms with E-state index < -0.39 is 0 Å². The molecule has 3 aromatic carbocycles. The summed E-state index contributed by atoms with van der Waals surface area (Å²) in [6.45, 7) is 1.96. The Labute approximate surface area is 196 Å². The van der Waals surface area contributed by atoms with Crippen molar-refractivity contribution in [1.29, 1.82) is 0 Å². The number of ether oxygens (including phenoxy) is 2. The fraction of sp³-hybridized carbons (Fsp3) is 0.200. The first-order chi connectivity index (χ1) is 15.9. The zero-order chi connectivity index (χ0) is 23.8. The molecule has 0 aliphatic rings. The first-order valence-electron chi connectivity index (χ1n) is 10.2. The van der Waals surface area contributed by atoms with E-state index in [1.54, 1.807) is 62.6 Å². The van der Waals surface area contributed by atoms with E-state index in [9.17, 15) is 14.0 Å². The molecule has 2 N–H and O–H groups in total. The standard InChI is InChI=1S/C25H25FN2O4S/c1-16-12-17(8-10-20(16)26)14-27-25(30)19-6-4-5-7-23(19)33-15-24(29)28-18-9-11-21(31-2)22(13-18)32-3/h4-13H,14-15H2,1-3H3,(H,27,30)(H,28,29). The minimum atomic E-state index is -0.279. The summed E-state index contributed by atoms with van der Waals surface area (Å²) in [6.07, 6.45) is 0. The molecular formula is C25H25FN2O4S.